The highest BCUT2D eigenvalue weighted by atomic mass is 16.5. The maximum absolute atomic E-state index is 9.95. The Labute approximate surface area is 122 Å². The van der Waals surface area contributed by atoms with Crippen molar-refractivity contribution in [2.75, 3.05) is 39.8 Å². The molecule has 0 saturated heterocycles. The quantitative estimate of drug-likeness (QED) is 0.638. The van der Waals surface area contributed by atoms with E-state index in [4.69, 9.17) is 4.74 Å². The molecule has 0 saturated carbocycles. The molecule has 114 valence electrons. The minimum Gasteiger partial charge on any atom is -0.496 e. The predicted octanol–water partition coefficient (Wildman–Crippen LogP) is 1.53. The summed E-state index contributed by atoms with van der Waals surface area (Å²) in [6, 6.07) is 8.05. The van der Waals surface area contributed by atoms with Crippen LogP contribution in [0.3, 0.4) is 0 Å². The third-order valence-electron chi connectivity index (χ3n) is 3.51. The van der Waals surface area contributed by atoms with Crippen molar-refractivity contribution in [2.45, 2.75) is 26.4 Å². The van der Waals surface area contributed by atoms with Crippen LogP contribution in [0.5, 0.6) is 5.75 Å². The van der Waals surface area contributed by atoms with Gasteiger partial charge < -0.3 is 20.1 Å². The van der Waals surface area contributed by atoms with Crippen molar-refractivity contribution in [3.05, 3.63) is 29.8 Å². The number of hydrogen-bond donors (Lipinski definition) is 2. The lowest BCUT2D eigenvalue weighted by atomic mass is 10.1. The number of hydrogen-bond acceptors (Lipinski definition) is 4. The van der Waals surface area contributed by atoms with Crippen LogP contribution in [0.4, 0.5) is 0 Å². The summed E-state index contributed by atoms with van der Waals surface area (Å²) in [7, 11) is 1.69. The first-order valence-electron chi connectivity index (χ1n) is 7.44. The molecule has 0 radical (unpaired) electrons. The number of nitrogens with one attached hydrogen (secondary N) is 1. The monoisotopic (exact) mass is 280 g/mol. The third-order valence-corrected chi connectivity index (χ3v) is 3.51. The van der Waals surface area contributed by atoms with Crippen LogP contribution in [-0.2, 0) is 6.42 Å². The Morgan fingerprint density at radius 1 is 1.25 bits per heavy atom. The van der Waals surface area contributed by atoms with E-state index in [2.05, 4.69) is 30.1 Å². The highest BCUT2D eigenvalue weighted by molar-refractivity contribution is 5.33. The molecule has 1 atom stereocenters. The fourth-order valence-corrected chi connectivity index (χ4v) is 2.25. The first-order valence-corrected chi connectivity index (χ1v) is 7.44. The molecule has 0 spiro atoms. The number of rotatable bonds is 10. The molecule has 4 heteroatoms. The molecule has 2 N–H and O–H groups in total. The van der Waals surface area contributed by atoms with Crippen LogP contribution in [0, 0.1) is 0 Å². The van der Waals surface area contributed by atoms with Crippen LogP contribution in [-0.4, -0.2) is 55.9 Å². The maximum Gasteiger partial charge on any atom is 0.122 e. The predicted molar refractivity (Wildman–Crippen MR) is 83.4 cm³/mol. The van der Waals surface area contributed by atoms with Gasteiger partial charge in [0.15, 0.2) is 0 Å². The van der Waals surface area contributed by atoms with Crippen molar-refractivity contribution in [2.24, 2.45) is 0 Å². The van der Waals surface area contributed by atoms with Gasteiger partial charge in [0.05, 0.1) is 13.2 Å². The molecule has 0 aromatic heterocycles. The SMILES string of the molecule is CCN(CC)CC(O)CNCCc1ccccc1OC. The normalized spacial score (nSPS) is 12.7. The van der Waals surface area contributed by atoms with Crippen molar-refractivity contribution in [3.8, 4) is 5.75 Å². The van der Waals surface area contributed by atoms with E-state index in [1.165, 1.54) is 5.56 Å². The van der Waals surface area contributed by atoms with Gasteiger partial charge in [-0.1, -0.05) is 32.0 Å². The minimum atomic E-state index is -0.312. The molecule has 1 aromatic carbocycles. The van der Waals surface area contributed by atoms with Gasteiger partial charge in [-0.3, -0.25) is 0 Å². The molecular formula is C16H28N2O2. The van der Waals surface area contributed by atoms with E-state index in [0.29, 0.717) is 6.54 Å². The molecule has 0 bridgehead atoms. The van der Waals surface area contributed by atoms with Crippen LogP contribution in [0.1, 0.15) is 19.4 Å². The van der Waals surface area contributed by atoms with Crippen LogP contribution in [0.2, 0.25) is 0 Å². The van der Waals surface area contributed by atoms with Gasteiger partial charge in [0.25, 0.3) is 0 Å². The number of likely N-dealkylation sites (N-methyl/N-ethyl adjacent to an activating group) is 1. The molecule has 4 nitrogen and oxygen atoms in total. The zero-order valence-electron chi connectivity index (χ0n) is 12.9. The first-order chi connectivity index (χ1) is 9.71. The van der Waals surface area contributed by atoms with Crippen molar-refractivity contribution >= 4 is 0 Å². The van der Waals surface area contributed by atoms with E-state index in [1.807, 2.05) is 18.2 Å². The molecule has 0 heterocycles. The van der Waals surface area contributed by atoms with E-state index >= 15 is 0 Å². The number of para-hydroxylation sites is 1. The van der Waals surface area contributed by atoms with Crippen molar-refractivity contribution < 1.29 is 9.84 Å². The van der Waals surface area contributed by atoms with Gasteiger partial charge in [0, 0.05) is 13.1 Å². The van der Waals surface area contributed by atoms with Crippen LogP contribution < -0.4 is 10.1 Å². The van der Waals surface area contributed by atoms with Crippen molar-refractivity contribution in [1.82, 2.24) is 10.2 Å². The highest BCUT2D eigenvalue weighted by Gasteiger charge is 2.08. The number of aliphatic hydroxyl groups is 1. The standard InChI is InChI=1S/C16H28N2O2/c1-4-18(5-2)13-15(19)12-17-11-10-14-8-6-7-9-16(14)20-3/h6-9,15,17,19H,4-5,10-13H2,1-3H3. The summed E-state index contributed by atoms with van der Waals surface area (Å²) in [5.41, 5.74) is 1.20. The van der Waals surface area contributed by atoms with Crippen molar-refractivity contribution in [3.63, 3.8) is 0 Å². The average Bonchev–Trinajstić information content (AvgIpc) is 2.49. The van der Waals surface area contributed by atoms with E-state index in [1.54, 1.807) is 7.11 Å². The van der Waals surface area contributed by atoms with Gasteiger partial charge in [0.2, 0.25) is 0 Å². The number of nitrogens with zero attached hydrogens (tertiary/aromatic N) is 1. The lowest BCUT2D eigenvalue weighted by molar-refractivity contribution is 0.117. The molecule has 0 aliphatic heterocycles. The number of benzene rings is 1. The summed E-state index contributed by atoms with van der Waals surface area (Å²) >= 11 is 0. The summed E-state index contributed by atoms with van der Waals surface area (Å²) in [6.45, 7) is 8.40. The van der Waals surface area contributed by atoms with Gasteiger partial charge in [-0.2, -0.15) is 0 Å². The smallest absolute Gasteiger partial charge is 0.122 e. The van der Waals surface area contributed by atoms with E-state index in [-0.39, 0.29) is 6.10 Å². The molecule has 1 unspecified atom stereocenters. The second-order valence-electron chi connectivity index (χ2n) is 4.91. The van der Waals surface area contributed by atoms with E-state index < -0.39 is 0 Å². The van der Waals surface area contributed by atoms with Gasteiger partial charge in [0.1, 0.15) is 5.75 Å². The van der Waals surface area contributed by atoms with Gasteiger partial charge >= 0.3 is 0 Å². The fourth-order valence-electron chi connectivity index (χ4n) is 2.25. The lowest BCUT2D eigenvalue weighted by Gasteiger charge is -2.22. The summed E-state index contributed by atoms with van der Waals surface area (Å²) in [6.07, 6.45) is 0.592. The summed E-state index contributed by atoms with van der Waals surface area (Å²) in [5.74, 6) is 0.929. The second kappa shape index (κ2) is 9.75. The number of methoxy groups -OCH3 is 1. The zero-order valence-corrected chi connectivity index (χ0v) is 12.9. The van der Waals surface area contributed by atoms with Gasteiger partial charge in [-0.05, 0) is 37.7 Å². The van der Waals surface area contributed by atoms with Crippen LogP contribution in [0.15, 0.2) is 24.3 Å². The van der Waals surface area contributed by atoms with Gasteiger partial charge in [-0.15, -0.1) is 0 Å². The Hall–Kier alpha value is -1.10. The fraction of sp³-hybridized carbons (Fsp3) is 0.625. The molecular weight excluding hydrogens is 252 g/mol. The van der Waals surface area contributed by atoms with Gasteiger partial charge in [-0.25, -0.2) is 0 Å². The van der Waals surface area contributed by atoms with Crippen LogP contribution >= 0.6 is 0 Å². The molecule has 20 heavy (non-hydrogen) atoms. The molecule has 1 aromatic rings. The minimum absolute atomic E-state index is 0.312. The largest absolute Gasteiger partial charge is 0.496 e. The molecule has 0 aliphatic carbocycles. The third kappa shape index (κ3) is 5.90. The zero-order chi connectivity index (χ0) is 14.8. The second-order valence-corrected chi connectivity index (χ2v) is 4.91. The van der Waals surface area contributed by atoms with Crippen molar-refractivity contribution in [1.29, 1.82) is 0 Å². The molecule has 0 aliphatic rings. The highest BCUT2D eigenvalue weighted by Crippen LogP contribution is 2.17. The summed E-state index contributed by atoms with van der Waals surface area (Å²) in [4.78, 5) is 2.23. The Balaban J connectivity index is 2.24. The first kappa shape index (κ1) is 17.0. The summed E-state index contributed by atoms with van der Waals surface area (Å²) < 4.78 is 5.32. The molecule has 0 amide bonds. The number of aliphatic hydroxyl groups excluding tert-OH is 1. The average molecular weight is 280 g/mol. The topological polar surface area (TPSA) is 44.7 Å². The van der Waals surface area contributed by atoms with E-state index in [0.717, 1.165) is 38.3 Å². The Bertz CT molecular complexity index is 367. The maximum atomic E-state index is 9.95. The van der Waals surface area contributed by atoms with Crippen LogP contribution in [0.25, 0.3) is 0 Å². The Kier molecular flexibility index (Phi) is 8.26. The number of ether oxygens (including phenoxy) is 1. The van der Waals surface area contributed by atoms with E-state index in [9.17, 15) is 5.11 Å². The summed E-state index contributed by atoms with van der Waals surface area (Å²) in [5, 5.41) is 13.3. The lowest BCUT2D eigenvalue weighted by Crippen LogP contribution is -2.38. The molecule has 1 rings (SSSR count). The Morgan fingerprint density at radius 2 is 1.95 bits per heavy atom. The molecule has 0 fully saturated rings. The Morgan fingerprint density at radius 3 is 2.60 bits per heavy atom.